The molecular weight excluding hydrogens is 530 g/mol. The molecular formula is C20H13BrCl2OSZr. The third-order valence-corrected chi connectivity index (χ3v) is 13.9. The molecule has 0 saturated heterocycles. The molecule has 0 spiro atoms. The quantitative estimate of drug-likeness (QED) is 0.380. The molecule has 26 heavy (non-hydrogen) atoms. The van der Waals surface area contributed by atoms with E-state index in [-0.39, 0.29) is 29.8 Å². The number of halogens is 3. The topological polar surface area (TPSA) is 9.23 Å². The molecule has 2 aromatic carbocycles. The summed E-state index contributed by atoms with van der Waals surface area (Å²) >= 11 is 1.32. The van der Waals surface area contributed by atoms with E-state index in [1.54, 1.807) is 0 Å². The molecule has 0 saturated carbocycles. The predicted molar refractivity (Wildman–Crippen MR) is 101 cm³/mol. The molecule has 1 heterocycles. The molecule has 1 atom stereocenters. The summed E-state index contributed by atoms with van der Waals surface area (Å²) < 4.78 is 8.92. The van der Waals surface area contributed by atoms with Crippen LogP contribution >= 0.6 is 24.8 Å². The fourth-order valence-electron chi connectivity index (χ4n) is 3.67. The number of alkyl halides is 1. The molecule has 5 rings (SSSR count). The van der Waals surface area contributed by atoms with Gasteiger partial charge in [0.1, 0.15) is 0 Å². The van der Waals surface area contributed by atoms with Crippen LogP contribution < -0.4 is 38.5 Å². The minimum atomic E-state index is -2.41. The van der Waals surface area contributed by atoms with Crippen molar-refractivity contribution in [3.63, 3.8) is 0 Å². The fourth-order valence-corrected chi connectivity index (χ4v) is 12.9. The fraction of sp³-hybridized carbons (Fsp3) is 0.100. The van der Waals surface area contributed by atoms with Gasteiger partial charge in [-0.2, -0.15) is 0 Å². The van der Waals surface area contributed by atoms with Crippen LogP contribution in [-0.2, 0) is 30.9 Å². The van der Waals surface area contributed by atoms with Crippen LogP contribution in [0.5, 0.6) is 0 Å². The number of allylic oxidation sites excluding steroid dienone is 1. The van der Waals surface area contributed by atoms with Gasteiger partial charge in [0.25, 0.3) is 0 Å². The van der Waals surface area contributed by atoms with Crippen molar-refractivity contribution in [1.82, 2.24) is 0 Å². The van der Waals surface area contributed by atoms with Crippen LogP contribution in [0.3, 0.4) is 0 Å². The van der Waals surface area contributed by atoms with Crippen molar-refractivity contribution in [3.05, 3.63) is 79.0 Å². The second-order valence-corrected chi connectivity index (χ2v) is 13.6. The maximum atomic E-state index is 6.18. The second kappa shape index (κ2) is 7.93. The first-order valence-corrected chi connectivity index (χ1v) is 14.7. The first kappa shape index (κ1) is 20.4. The molecule has 1 aliphatic heterocycles. The van der Waals surface area contributed by atoms with Gasteiger partial charge in [-0.3, -0.25) is 0 Å². The summed E-state index contributed by atoms with van der Waals surface area (Å²) in [6.45, 7) is 0. The van der Waals surface area contributed by atoms with Crippen LogP contribution in [0.25, 0.3) is 17.9 Å². The van der Waals surface area contributed by atoms with E-state index in [2.05, 4.69) is 76.6 Å². The van der Waals surface area contributed by atoms with Gasteiger partial charge in [0.05, 0.1) is 0 Å². The molecule has 0 bridgehead atoms. The number of fused-ring (bicyclic) bond motifs is 3. The van der Waals surface area contributed by atoms with Crippen molar-refractivity contribution in [2.75, 3.05) is 0 Å². The Balaban J connectivity index is 0.000000980. The Bertz CT molecular complexity index is 1110. The first-order valence-electron chi connectivity index (χ1n) is 7.93. The van der Waals surface area contributed by atoms with Crippen molar-refractivity contribution in [3.8, 4) is 0 Å². The van der Waals surface area contributed by atoms with Gasteiger partial charge in [-0.1, -0.05) is 0 Å². The second-order valence-electron chi connectivity index (χ2n) is 6.14. The summed E-state index contributed by atoms with van der Waals surface area (Å²) in [5, 5.41) is 2.36. The average molecular weight is 543 g/mol. The average Bonchev–Trinajstić information content (AvgIpc) is 3.27. The van der Waals surface area contributed by atoms with Crippen molar-refractivity contribution in [1.29, 1.82) is 0 Å². The van der Waals surface area contributed by atoms with E-state index in [0.717, 1.165) is 12.2 Å². The molecule has 0 aromatic heterocycles. The van der Waals surface area contributed by atoms with Crippen molar-refractivity contribution in [2.24, 2.45) is 0 Å². The van der Waals surface area contributed by atoms with Crippen LogP contribution in [0, 0.1) is 0 Å². The van der Waals surface area contributed by atoms with Crippen LogP contribution in [0.2, 0.25) is 0 Å². The number of benzene rings is 2. The minimum absolute atomic E-state index is 0. The van der Waals surface area contributed by atoms with Gasteiger partial charge in [0.2, 0.25) is 0 Å². The van der Waals surface area contributed by atoms with Gasteiger partial charge in [0, 0.05) is 0 Å². The zero-order valence-electron chi connectivity index (χ0n) is 13.5. The van der Waals surface area contributed by atoms with Crippen LogP contribution in [0.1, 0.15) is 11.1 Å². The SMILES string of the molecule is [Cl-].[Cl-].[S]=[Zr+2]([C]1=C2C=c3ccccc3=C2OC1Br)[c]1cccc2c1C=CC2. The van der Waals surface area contributed by atoms with Gasteiger partial charge in [-0.25, -0.2) is 0 Å². The van der Waals surface area contributed by atoms with E-state index in [4.69, 9.17) is 13.6 Å². The van der Waals surface area contributed by atoms with Gasteiger partial charge in [0.15, 0.2) is 0 Å². The number of hydrogen-bond donors (Lipinski definition) is 0. The van der Waals surface area contributed by atoms with E-state index < -0.39 is 19.7 Å². The summed E-state index contributed by atoms with van der Waals surface area (Å²) in [5.41, 5.74) is 4.02. The summed E-state index contributed by atoms with van der Waals surface area (Å²) in [4.78, 5) is 0. The predicted octanol–water partition coefficient (Wildman–Crippen LogP) is -2.77. The normalized spacial score (nSPS) is 17.8. The summed E-state index contributed by atoms with van der Waals surface area (Å²) in [6.07, 6.45) is 7.78. The van der Waals surface area contributed by atoms with E-state index in [0.29, 0.717) is 0 Å². The molecule has 3 aliphatic rings. The molecule has 130 valence electrons. The summed E-state index contributed by atoms with van der Waals surface area (Å²) in [6, 6.07) is 15.0. The Labute approximate surface area is 184 Å². The van der Waals surface area contributed by atoms with E-state index in [1.807, 2.05) is 0 Å². The molecule has 1 nitrogen and oxygen atoms in total. The van der Waals surface area contributed by atoms with Gasteiger partial charge in [-0.15, -0.1) is 0 Å². The van der Waals surface area contributed by atoms with Crippen molar-refractivity contribution in [2.45, 2.75) is 11.4 Å². The van der Waals surface area contributed by atoms with Crippen LogP contribution in [0.15, 0.2) is 57.4 Å². The standard InChI is InChI=1S/C11H6BrO.C9H7.2ClH.S.Zr/c12-10-6-8-5-7-3-1-2-4-9(7)11(8)13-10;1-2-5-9-7-3-6-8(9)4-1;;;;/h1-5,10H;1-4,7H,6H2;2*1H;;/q;;;;;+2/p-2. The molecule has 2 aliphatic carbocycles. The number of rotatable bonds is 2. The maximum absolute atomic E-state index is 6.18. The Morgan fingerprint density at radius 3 is 2.73 bits per heavy atom. The Kier molecular flexibility index (Phi) is 6.21. The van der Waals surface area contributed by atoms with E-state index in [1.165, 1.54) is 33.7 Å². The van der Waals surface area contributed by atoms with Crippen molar-refractivity contribution < 1.29 is 49.3 Å². The Hall–Kier alpha value is -0.377. The third-order valence-electron chi connectivity index (χ3n) is 4.80. The first-order chi connectivity index (χ1) is 11.7. The molecule has 0 N–H and O–H groups in total. The van der Waals surface area contributed by atoms with Crippen LogP contribution in [-0.4, -0.2) is 5.01 Å². The van der Waals surface area contributed by atoms with Crippen LogP contribution in [0.4, 0.5) is 0 Å². The van der Waals surface area contributed by atoms with E-state index in [9.17, 15) is 0 Å². The molecule has 6 heteroatoms. The molecule has 0 amide bonds. The molecule has 0 fully saturated rings. The summed E-state index contributed by atoms with van der Waals surface area (Å²) in [5.74, 6) is 1.01. The third kappa shape index (κ3) is 3.08. The zero-order valence-corrected chi connectivity index (χ0v) is 19.9. The molecule has 2 aromatic rings. The number of ether oxygens (including phenoxy) is 1. The number of hydrogen-bond acceptors (Lipinski definition) is 2. The molecule has 1 unspecified atom stereocenters. The Morgan fingerprint density at radius 2 is 1.88 bits per heavy atom. The van der Waals surface area contributed by atoms with E-state index >= 15 is 0 Å². The molecule has 0 radical (unpaired) electrons. The monoisotopic (exact) mass is 540 g/mol. The van der Waals surface area contributed by atoms with Gasteiger partial charge >= 0.3 is 161 Å². The van der Waals surface area contributed by atoms with Gasteiger partial charge < -0.3 is 24.8 Å². The van der Waals surface area contributed by atoms with Crippen molar-refractivity contribution >= 4 is 46.0 Å². The zero-order chi connectivity index (χ0) is 16.3. The summed E-state index contributed by atoms with van der Waals surface area (Å²) in [7, 11) is 6.18. The van der Waals surface area contributed by atoms with Gasteiger partial charge in [-0.05, 0) is 0 Å². The Morgan fingerprint density at radius 1 is 1.08 bits per heavy atom.